The van der Waals surface area contributed by atoms with Crippen LogP contribution in [0.1, 0.15) is 53.0 Å². The van der Waals surface area contributed by atoms with Crippen molar-refractivity contribution >= 4 is 11.6 Å². The zero-order chi connectivity index (χ0) is 14.8. The van der Waals surface area contributed by atoms with Crippen LogP contribution in [0, 0.1) is 13.8 Å². The van der Waals surface area contributed by atoms with Gasteiger partial charge >= 0.3 is 0 Å². The molecule has 0 saturated carbocycles. The van der Waals surface area contributed by atoms with E-state index >= 15 is 0 Å². The quantitative estimate of drug-likeness (QED) is 0.598. The molecule has 21 heavy (non-hydrogen) atoms. The van der Waals surface area contributed by atoms with Gasteiger partial charge in [0.15, 0.2) is 0 Å². The molecule has 0 amide bonds. The van der Waals surface area contributed by atoms with Crippen LogP contribution in [-0.4, -0.2) is 9.97 Å². The van der Waals surface area contributed by atoms with Gasteiger partial charge in [0.2, 0.25) is 0 Å². The minimum Gasteiger partial charge on any atom is -0.237 e. The lowest BCUT2D eigenvalue weighted by atomic mass is 10.0. The zero-order valence-electron chi connectivity index (χ0n) is 12.7. The highest BCUT2D eigenvalue weighted by atomic mass is 35.5. The van der Waals surface area contributed by atoms with Gasteiger partial charge in [-0.15, -0.1) is 0 Å². The van der Waals surface area contributed by atoms with Crippen LogP contribution in [0.2, 0.25) is 5.15 Å². The Hall–Kier alpha value is -1.41. The van der Waals surface area contributed by atoms with Crippen LogP contribution in [-0.2, 0) is 19.3 Å². The molecule has 1 heterocycles. The molecule has 3 rings (SSSR count). The Morgan fingerprint density at radius 2 is 1.67 bits per heavy atom. The molecule has 1 aliphatic rings. The fourth-order valence-corrected chi connectivity index (χ4v) is 3.51. The molecule has 0 N–H and O–H groups in total. The highest BCUT2D eigenvalue weighted by molar-refractivity contribution is 6.30. The summed E-state index contributed by atoms with van der Waals surface area (Å²) < 4.78 is 0. The molecule has 0 aliphatic heterocycles. The molecule has 0 saturated heterocycles. The van der Waals surface area contributed by atoms with Gasteiger partial charge < -0.3 is 0 Å². The molecule has 0 unspecified atom stereocenters. The van der Waals surface area contributed by atoms with Crippen LogP contribution in [0.3, 0.4) is 0 Å². The normalized spacial score (nSPS) is 14.6. The van der Waals surface area contributed by atoms with Gasteiger partial charge in [-0.1, -0.05) is 47.3 Å². The second kappa shape index (κ2) is 6.15. The average Bonchev–Trinajstić information content (AvgIpc) is 2.63. The maximum atomic E-state index is 6.40. The Morgan fingerprint density at radius 3 is 2.43 bits per heavy atom. The minimum atomic E-state index is 0.668. The molecule has 2 aromatic rings. The number of rotatable bonds is 2. The third-order valence-corrected chi connectivity index (χ3v) is 4.39. The molecule has 0 bridgehead atoms. The number of halogens is 1. The van der Waals surface area contributed by atoms with Crippen molar-refractivity contribution in [3.05, 3.63) is 57.1 Å². The van der Waals surface area contributed by atoms with E-state index in [1.54, 1.807) is 0 Å². The molecule has 0 fully saturated rings. The Kier molecular flexibility index (Phi) is 4.25. The van der Waals surface area contributed by atoms with Gasteiger partial charge in [-0.05, 0) is 45.1 Å². The lowest BCUT2D eigenvalue weighted by Crippen LogP contribution is -2.05. The maximum Gasteiger partial charge on any atom is 0.136 e. The van der Waals surface area contributed by atoms with Crippen molar-refractivity contribution in [3.63, 3.8) is 0 Å². The van der Waals surface area contributed by atoms with Gasteiger partial charge in [-0.2, -0.15) is 0 Å². The topological polar surface area (TPSA) is 25.8 Å². The number of fused-ring (bicyclic) bond motifs is 1. The summed E-state index contributed by atoms with van der Waals surface area (Å²) in [4.78, 5) is 9.33. The van der Waals surface area contributed by atoms with Crippen LogP contribution >= 0.6 is 11.6 Å². The molecule has 1 aromatic carbocycles. The second-order valence-electron chi connectivity index (χ2n) is 6.09. The van der Waals surface area contributed by atoms with E-state index in [9.17, 15) is 0 Å². The Morgan fingerprint density at radius 1 is 0.952 bits per heavy atom. The summed E-state index contributed by atoms with van der Waals surface area (Å²) in [6.07, 6.45) is 6.50. The van der Waals surface area contributed by atoms with Crippen molar-refractivity contribution in [3.8, 4) is 0 Å². The van der Waals surface area contributed by atoms with E-state index in [1.165, 1.54) is 47.2 Å². The highest BCUT2D eigenvalue weighted by Crippen LogP contribution is 2.25. The molecule has 3 heteroatoms. The predicted octanol–water partition coefficient (Wildman–Crippen LogP) is 4.61. The van der Waals surface area contributed by atoms with Crippen LogP contribution in [0.15, 0.2) is 18.2 Å². The zero-order valence-corrected chi connectivity index (χ0v) is 13.5. The summed E-state index contributed by atoms with van der Waals surface area (Å²) in [5.74, 6) is 0.852. The standard InChI is InChI=1S/C18H21ClN2/c1-12-8-13(2)10-14(9-12)11-17-20-16-7-5-3-4-6-15(16)18(19)21-17/h8-10H,3-7,11H2,1-2H3. The number of aromatic nitrogens is 2. The van der Waals surface area contributed by atoms with Gasteiger partial charge in [-0.25, -0.2) is 9.97 Å². The van der Waals surface area contributed by atoms with Crippen molar-refractivity contribution in [1.82, 2.24) is 9.97 Å². The smallest absolute Gasteiger partial charge is 0.136 e. The van der Waals surface area contributed by atoms with Crippen molar-refractivity contribution in [2.45, 2.75) is 52.4 Å². The first kappa shape index (κ1) is 14.5. The van der Waals surface area contributed by atoms with Crippen molar-refractivity contribution in [2.24, 2.45) is 0 Å². The molecule has 1 aliphatic carbocycles. The first-order valence-electron chi connectivity index (χ1n) is 7.73. The fourth-order valence-electron chi connectivity index (χ4n) is 3.21. The molecule has 110 valence electrons. The van der Waals surface area contributed by atoms with Crippen LogP contribution in [0.4, 0.5) is 0 Å². The summed E-state index contributed by atoms with van der Waals surface area (Å²) in [6, 6.07) is 6.60. The molecule has 0 spiro atoms. The second-order valence-corrected chi connectivity index (χ2v) is 6.45. The Balaban J connectivity index is 1.92. The van der Waals surface area contributed by atoms with E-state index < -0.39 is 0 Å². The van der Waals surface area contributed by atoms with Crippen molar-refractivity contribution in [2.75, 3.05) is 0 Å². The Bertz CT molecular complexity index is 644. The highest BCUT2D eigenvalue weighted by Gasteiger charge is 2.15. The molecule has 0 radical (unpaired) electrons. The monoisotopic (exact) mass is 300 g/mol. The maximum absolute atomic E-state index is 6.40. The minimum absolute atomic E-state index is 0.668. The largest absolute Gasteiger partial charge is 0.237 e. The third-order valence-electron chi connectivity index (χ3n) is 4.07. The van der Waals surface area contributed by atoms with E-state index in [-0.39, 0.29) is 0 Å². The first-order chi connectivity index (χ1) is 10.1. The number of hydrogen-bond donors (Lipinski definition) is 0. The van der Waals surface area contributed by atoms with Gasteiger partial charge in [0.05, 0.1) is 0 Å². The van der Waals surface area contributed by atoms with Crippen molar-refractivity contribution < 1.29 is 0 Å². The van der Waals surface area contributed by atoms with Crippen LogP contribution in [0.5, 0.6) is 0 Å². The SMILES string of the molecule is Cc1cc(C)cc(Cc2nc(Cl)c3c(n2)CCCCC3)c1. The van der Waals surface area contributed by atoms with Gasteiger partial charge in [0, 0.05) is 17.7 Å². The van der Waals surface area contributed by atoms with Crippen LogP contribution in [0.25, 0.3) is 0 Å². The summed E-state index contributed by atoms with van der Waals surface area (Å²) in [5.41, 5.74) is 6.18. The lowest BCUT2D eigenvalue weighted by molar-refractivity contribution is 0.708. The summed E-state index contributed by atoms with van der Waals surface area (Å²) >= 11 is 6.40. The van der Waals surface area contributed by atoms with Gasteiger partial charge in [-0.3, -0.25) is 0 Å². The van der Waals surface area contributed by atoms with E-state index in [4.69, 9.17) is 16.6 Å². The predicted molar refractivity (Wildman–Crippen MR) is 87.0 cm³/mol. The first-order valence-corrected chi connectivity index (χ1v) is 8.11. The molecule has 2 nitrogen and oxygen atoms in total. The third kappa shape index (κ3) is 3.44. The van der Waals surface area contributed by atoms with Gasteiger partial charge in [0.1, 0.15) is 11.0 Å². The number of aryl methyl sites for hydroxylation is 3. The number of nitrogens with zero attached hydrogens (tertiary/aromatic N) is 2. The molecule has 1 aromatic heterocycles. The summed E-state index contributed by atoms with van der Waals surface area (Å²) in [6.45, 7) is 4.25. The van der Waals surface area contributed by atoms with E-state index in [1.807, 2.05) is 0 Å². The summed E-state index contributed by atoms with van der Waals surface area (Å²) in [5, 5.41) is 0.668. The average molecular weight is 301 g/mol. The summed E-state index contributed by atoms with van der Waals surface area (Å²) in [7, 11) is 0. The van der Waals surface area contributed by atoms with Gasteiger partial charge in [0.25, 0.3) is 0 Å². The van der Waals surface area contributed by atoms with E-state index in [2.05, 4.69) is 37.0 Å². The number of benzene rings is 1. The van der Waals surface area contributed by atoms with Crippen molar-refractivity contribution in [1.29, 1.82) is 0 Å². The Labute approximate surface area is 131 Å². The number of hydrogen-bond acceptors (Lipinski definition) is 2. The fraction of sp³-hybridized carbons (Fsp3) is 0.444. The van der Waals surface area contributed by atoms with E-state index in [0.717, 1.165) is 25.1 Å². The molecule has 0 atom stereocenters. The molecular weight excluding hydrogens is 280 g/mol. The van der Waals surface area contributed by atoms with Crippen LogP contribution < -0.4 is 0 Å². The molecular formula is C18H21ClN2. The van der Waals surface area contributed by atoms with E-state index in [0.29, 0.717) is 5.15 Å². The lowest BCUT2D eigenvalue weighted by Gasteiger charge is -2.10.